The van der Waals surface area contributed by atoms with Gasteiger partial charge in [-0.2, -0.15) is 0 Å². The Kier molecular flexibility index (Phi) is 7.60. The minimum atomic E-state index is -0.421. The highest BCUT2D eigenvalue weighted by molar-refractivity contribution is 6.37. The lowest BCUT2D eigenvalue weighted by Crippen LogP contribution is -2.29. The Labute approximate surface area is 240 Å². The third-order valence-electron chi connectivity index (χ3n) is 7.68. The van der Waals surface area contributed by atoms with E-state index in [0.29, 0.717) is 11.3 Å². The number of benzene rings is 3. The second-order valence-corrected chi connectivity index (χ2v) is 10.6. The van der Waals surface area contributed by atoms with Gasteiger partial charge in [-0.05, 0) is 73.0 Å². The molecule has 3 heterocycles. The zero-order valence-electron chi connectivity index (χ0n) is 22.9. The second kappa shape index (κ2) is 11.8. The summed E-state index contributed by atoms with van der Waals surface area (Å²) in [4.78, 5) is 32.2. The van der Waals surface area contributed by atoms with E-state index in [1.165, 1.54) is 24.8 Å². The van der Waals surface area contributed by atoms with E-state index in [2.05, 4.69) is 44.8 Å². The van der Waals surface area contributed by atoms with Gasteiger partial charge in [0.1, 0.15) is 0 Å². The van der Waals surface area contributed by atoms with Crippen LogP contribution in [0.3, 0.4) is 0 Å². The van der Waals surface area contributed by atoms with Gasteiger partial charge in [0.2, 0.25) is 5.91 Å². The molecule has 7 heteroatoms. The lowest BCUT2D eigenvalue weighted by molar-refractivity contribution is -0.117. The van der Waals surface area contributed by atoms with Crippen molar-refractivity contribution < 1.29 is 9.59 Å². The molecular weight excluding hydrogens is 510 g/mol. The molecule has 1 fully saturated rings. The first-order valence-corrected chi connectivity index (χ1v) is 14.1. The number of primary amides is 1. The minimum Gasteiger partial charge on any atom is -0.369 e. The van der Waals surface area contributed by atoms with Crippen molar-refractivity contribution in [1.29, 1.82) is 0 Å². The number of likely N-dealkylation sites (tertiary alicyclic amines) is 1. The molecule has 2 amide bonds. The van der Waals surface area contributed by atoms with E-state index in [0.717, 1.165) is 59.0 Å². The van der Waals surface area contributed by atoms with E-state index < -0.39 is 5.91 Å². The van der Waals surface area contributed by atoms with E-state index in [-0.39, 0.29) is 12.3 Å². The largest absolute Gasteiger partial charge is 0.369 e. The number of fused-ring (bicyclic) bond motifs is 1. The van der Waals surface area contributed by atoms with Crippen molar-refractivity contribution >= 4 is 34.5 Å². The number of aromatic nitrogens is 1. The Morgan fingerprint density at radius 1 is 0.927 bits per heavy atom. The van der Waals surface area contributed by atoms with Crippen molar-refractivity contribution in [3.05, 3.63) is 113 Å². The van der Waals surface area contributed by atoms with Crippen LogP contribution < -0.4 is 16.4 Å². The Bertz CT molecular complexity index is 1610. The molecule has 1 saturated heterocycles. The van der Waals surface area contributed by atoms with Gasteiger partial charge in [0.15, 0.2) is 0 Å². The summed E-state index contributed by atoms with van der Waals surface area (Å²) in [5, 5.41) is 6.59. The predicted octanol–water partition coefficient (Wildman–Crippen LogP) is 5.69. The van der Waals surface area contributed by atoms with Crippen molar-refractivity contribution in [2.45, 2.75) is 32.2 Å². The molecule has 0 aliphatic carbocycles. The Morgan fingerprint density at radius 2 is 1.71 bits per heavy atom. The summed E-state index contributed by atoms with van der Waals surface area (Å²) in [7, 11) is 0. The number of hydrogen-bond donors (Lipinski definition) is 3. The topological polar surface area (TPSA) is 100 Å². The molecule has 206 valence electrons. The van der Waals surface area contributed by atoms with E-state index >= 15 is 0 Å². The van der Waals surface area contributed by atoms with Gasteiger partial charge in [-0.3, -0.25) is 19.5 Å². The normalized spacial score (nSPS) is 16.1. The molecule has 4 aromatic rings. The average Bonchev–Trinajstić information content (AvgIpc) is 3.32. The summed E-state index contributed by atoms with van der Waals surface area (Å²) in [6.45, 7) is 3.27. The molecule has 0 saturated carbocycles. The van der Waals surface area contributed by atoms with Crippen LogP contribution in [-0.4, -0.2) is 34.8 Å². The number of pyridine rings is 1. The van der Waals surface area contributed by atoms with Crippen molar-refractivity contribution in [3.8, 4) is 11.3 Å². The molecule has 1 aromatic heterocycles. The molecule has 0 bridgehead atoms. The highest BCUT2D eigenvalue weighted by Crippen LogP contribution is 2.40. The standard InChI is InChI=1S/C34H33N5O2/c35-30(40)21-25-10-7-17-36-32(25)26-13-16-29-28(20-26)31(34(41)38-29)33(24-8-3-1-4-9-24)37-27-14-11-23(12-15-27)22-39-18-5-2-6-19-39/h1,3-4,7-17,20,37H,2,5-6,18-19,21-22H2,(H2,35,40)(H,38,41). The second-order valence-electron chi connectivity index (χ2n) is 10.6. The summed E-state index contributed by atoms with van der Waals surface area (Å²) in [6.07, 6.45) is 5.64. The molecule has 2 aliphatic rings. The van der Waals surface area contributed by atoms with E-state index in [1.807, 2.05) is 54.6 Å². The van der Waals surface area contributed by atoms with Gasteiger partial charge < -0.3 is 16.4 Å². The van der Waals surface area contributed by atoms with Crippen LogP contribution in [0.2, 0.25) is 0 Å². The highest BCUT2D eigenvalue weighted by atomic mass is 16.2. The highest BCUT2D eigenvalue weighted by Gasteiger charge is 2.29. The fraction of sp³-hybridized carbons (Fsp3) is 0.206. The summed E-state index contributed by atoms with van der Waals surface area (Å²) >= 11 is 0. The van der Waals surface area contributed by atoms with Crippen LogP contribution in [0.1, 0.15) is 41.5 Å². The third-order valence-corrected chi connectivity index (χ3v) is 7.68. The molecular formula is C34H33N5O2. The molecule has 0 spiro atoms. The maximum atomic E-state index is 13.5. The monoisotopic (exact) mass is 543 g/mol. The molecule has 6 rings (SSSR count). The number of nitrogens with one attached hydrogen (secondary N) is 2. The number of hydrogen-bond acceptors (Lipinski definition) is 5. The third kappa shape index (κ3) is 5.90. The average molecular weight is 544 g/mol. The lowest BCUT2D eigenvalue weighted by atomic mass is 9.96. The summed E-state index contributed by atoms with van der Waals surface area (Å²) < 4.78 is 0. The first-order valence-electron chi connectivity index (χ1n) is 14.1. The predicted molar refractivity (Wildman–Crippen MR) is 164 cm³/mol. The zero-order valence-corrected chi connectivity index (χ0v) is 22.9. The fourth-order valence-electron chi connectivity index (χ4n) is 5.69. The minimum absolute atomic E-state index is 0.0880. The van der Waals surface area contributed by atoms with Gasteiger partial charge in [0, 0.05) is 35.2 Å². The van der Waals surface area contributed by atoms with Gasteiger partial charge in [-0.15, -0.1) is 0 Å². The van der Waals surface area contributed by atoms with Crippen LogP contribution in [0.15, 0.2) is 91.1 Å². The number of carbonyl (C=O) groups is 2. The lowest BCUT2D eigenvalue weighted by Gasteiger charge is -2.26. The maximum Gasteiger partial charge on any atom is 0.258 e. The van der Waals surface area contributed by atoms with Crippen LogP contribution in [0.25, 0.3) is 22.5 Å². The van der Waals surface area contributed by atoms with Crippen molar-refractivity contribution in [3.63, 3.8) is 0 Å². The van der Waals surface area contributed by atoms with E-state index in [4.69, 9.17) is 5.73 Å². The van der Waals surface area contributed by atoms with E-state index in [1.54, 1.807) is 12.3 Å². The van der Waals surface area contributed by atoms with Gasteiger partial charge in [0.05, 0.1) is 23.4 Å². The Morgan fingerprint density at radius 3 is 2.46 bits per heavy atom. The van der Waals surface area contributed by atoms with Gasteiger partial charge in [-0.25, -0.2) is 0 Å². The number of carbonyl (C=O) groups excluding carboxylic acids is 2. The zero-order chi connectivity index (χ0) is 28.2. The first-order chi connectivity index (χ1) is 20.0. The van der Waals surface area contributed by atoms with Crippen LogP contribution in [0.4, 0.5) is 11.4 Å². The van der Waals surface area contributed by atoms with Crippen LogP contribution >= 0.6 is 0 Å². The quantitative estimate of drug-likeness (QED) is 0.248. The van der Waals surface area contributed by atoms with Gasteiger partial charge >= 0.3 is 0 Å². The van der Waals surface area contributed by atoms with Crippen molar-refractivity contribution in [2.75, 3.05) is 23.7 Å². The number of anilines is 2. The number of nitrogens with two attached hydrogens (primary N) is 1. The first kappa shape index (κ1) is 26.5. The molecule has 0 radical (unpaired) electrons. The Hall–Kier alpha value is -4.75. The van der Waals surface area contributed by atoms with Crippen LogP contribution in [0, 0.1) is 0 Å². The Balaban J connectivity index is 1.38. The molecule has 4 N–H and O–H groups in total. The molecule has 0 unspecified atom stereocenters. The smallest absolute Gasteiger partial charge is 0.258 e. The van der Waals surface area contributed by atoms with Crippen molar-refractivity contribution in [1.82, 2.24) is 9.88 Å². The maximum absolute atomic E-state index is 13.5. The fourth-order valence-corrected chi connectivity index (χ4v) is 5.69. The summed E-state index contributed by atoms with van der Waals surface area (Å²) in [5.41, 5.74) is 13.6. The SMILES string of the molecule is NC(=O)Cc1cccnc1-c1ccc2c(c1)C(=C(Nc1ccc(CN3CCCCC3)cc1)c1ccccc1)C(=O)N2. The molecule has 2 aliphatic heterocycles. The number of amides is 2. The number of nitrogens with zero attached hydrogens (tertiary/aromatic N) is 2. The number of piperidine rings is 1. The van der Waals surface area contributed by atoms with Gasteiger partial charge in [-0.1, -0.05) is 61.0 Å². The summed E-state index contributed by atoms with van der Waals surface area (Å²) in [6, 6.07) is 27.8. The van der Waals surface area contributed by atoms with Gasteiger partial charge in [0.25, 0.3) is 5.91 Å². The van der Waals surface area contributed by atoms with Crippen molar-refractivity contribution in [2.24, 2.45) is 5.73 Å². The van der Waals surface area contributed by atoms with Crippen LogP contribution in [0.5, 0.6) is 0 Å². The molecule has 7 nitrogen and oxygen atoms in total. The van der Waals surface area contributed by atoms with Crippen LogP contribution in [-0.2, 0) is 22.6 Å². The molecule has 41 heavy (non-hydrogen) atoms. The summed E-state index contributed by atoms with van der Waals surface area (Å²) in [5.74, 6) is -0.598. The van der Waals surface area contributed by atoms with E-state index in [9.17, 15) is 9.59 Å². The molecule has 0 atom stereocenters. The number of rotatable bonds is 8. The molecule has 3 aromatic carbocycles.